The van der Waals surface area contributed by atoms with Crippen molar-refractivity contribution in [3.05, 3.63) is 18.0 Å². The number of nitrogens with zero attached hydrogens (tertiary/aromatic N) is 7. The summed E-state index contributed by atoms with van der Waals surface area (Å²) in [4.78, 5) is 11.9. The molecule has 0 N–H and O–H groups in total. The molecule has 2 aromatic heterocycles. The minimum atomic E-state index is 0.558. The second kappa shape index (κ2) is 6.29. The van der Waals surface area contributed by atoms with Gasteiger partial charge in [0.15, 0.2) is 11.5 Å². The van der Waals surface area contributed by atoms with E-state index in [1.54, 1.807) is 4.63 Å². The van der Waals surface area contributed by atoms with Crippen molar-refractivity contribution in [2.24, 2.45) is 0 Å². The molecule has 130 valence electrons. The van der Waals surface area contributed by atoms with E-state index >= 15 is 0 Å². The molecular formula is C17H27N7. The first-order valence-corrected chi connectivity index (χ1v) is 9.00. The number of likely N-dealkylation sites (tertiary alicyclic amines) is 1. The van der Waals surface area contributed by atoms with Crippen molar-refractivity contribution >= 4 is 11.5 Å². The van der Waals surface area contributed by atoms with E-state index in [0.717, 1.165) is 43.0 Å². The van der Waals surface area contributed by atoms with Gasteiger partial charge in [-0.1, -0.05) is 0 Å². The van der Waals surface area contributed by atoms with Crippen molar-refractivity contribution in [2.45, 2.75) is 38.8 Å². The summed E-state index contributed by atoms with van der Waals surface area (Å²) in [5.41, 5.74) is 0.814. The van der Waals surface area contributed by atoms with Crippen LogP contribution < -0.4 is 4.90 Å². The van der Waals surface area contributed by atoms with E-state index in [2.05, 4.69) is 49.9 Å². The maximum absolute atomic E-state index is 4.65. The number of rotatable bonds is 2. The zero-order valence-electron chi connectivity index (χ0n) is 14.9. The molecule has 0 bridgehead atoms. The molecule has 2 aromatic rings. The Kier molecular flexibility index (Phi) is 4.14. The van der Waals surface area contributed by atoms with Crippen LogP contribution in [0.3, 0.4) is 0 Å². The topological polar surface area (TPSA) is 52.8 Å². The summed E-state index contributed by atoms with van der Waals surface area (Å²) in [5.74, 6) is 1.77. The molecular weight excluding hydrogens is 302 g/mol. The largest absolute Gasteiger partial charge is 0.352 e. The van der Waals surface area contributed by atoms with E-state index in [9.17, 15) is 0 Å². The molecule has 7 heteroatoms. The summed E-state index contributed by atoms with van der Waals surface area (Å²) in [6, 6.07) is 5.38. The number of piperazine rings is 1. The van der Waals surface area contributed by atoms with Gasteiger partial charge in [0, 0.05) is 31.7 Å². The van der Waals surface area contributed by atoms with Gasteiger partial charge in [-0.2, -0.15) is 0 Å². The maximum atomic E-state index is 4.65. The minimum absolute atomic E-state index is 0.558. The lowest BCUT2D eigenvalue weighted by Gasteiger charge is -2.46. The lowest BCUT2D eigenvalue weighted by molar-refractivity contribution is 0.0791. The van der Waals surface area contributed by atoms with Gasteiger partial charge in [0.1, 0.15) is 5.82 Å². The van der Waals surface area contributed by atoms with E-state index in [-0.39, 0.29) is 0 Å². The fraction of sp³-hybridized carbons (Fsp3) is 0.706. The summed E-state index contributed by atoms with van der Waals surface area (Å²) < 4.78 is 1.65. The normalized spacial score (nSPS) is 24.8. The Morgan fingerprint density at radius 2 is 1.83 bits per heavy atom. The van der Waals surface area contributed by atoms with Crippen molar-refractivity contribution in [1.82, 2.24) is 29.6 Å². The highest BCUT2D eigenvalue weighted by Crippen LogP contribution is 2.23. The van der Waals surface area contributed by atoms with Crippen LogP contribution in [-0.2, 0) is 0 Å². The van der Waals surface area contributed by atoms with E-state index in [4.69, 9.17) is 0 Å². The highest BCUT2D eigenvalue weighted by Gasteiger charge is 2.31. The number of piperidine rings is 1. The molecule has 0 aromatic carbocycles. The van der Waals surface area contributed by atoms with Crippen molar-refractivity contribution < 1.29 is 0 Å². The number of aromatic nitrogens is 4. The summed E-state index contributed by atoms with van der Waals surface area (Å²) in [6.07, 6.45) is 2.59. The molecule has 2 aliphatic heterocycles. The van der Waals surface area contributed by atoms with Crippen LogP contribution in [0.2, 0.25) is 0 Å². The van der Waals surface area contributed by atoms with Crippen LogP contribution in [0.5, 0.6) is 0 Å². The second-order valence-electron chi connectivity index (χ2n) is 7.27. The smallest absolute Gasteiger partial charge is 0.176 e. The Balaban J connectivity index is 1.45. The Morgan fingerprint density at radius 1 is 1.04 bits per heavy atom. The van der Waals surface area contributed by atoms with Gasteiger partial charge in [-0.15, -0.1) is 14.8 Å². The standard InChI is InChI=1S/C17H27N7/c1-13-12-22(10-11-23(13)15-6-8-21(3)9-7-15)17-5-4-16-18-14(2)19-24(16)20-17/h4-5,13,15H,6-12H2,1-3H3. The maximum Gasteiger partial charge on any atom is 0.176 e. The third kappa shape index (κ3) is 2.98. The monoisotopic (exact) mass is 329 g/mol. The first kappa shape index (κ1) is 15.8. The Hall–Kier alpha value is -1.73. The molecule has 0 aliphatic carbocycles. The van der Waals surface area contributed by atoms with Crippen LogP contribution >= 0.6 is 0 Å². The molecule has 0 amide bonds. The summed E-state index contributed by atoms with van der Waals surface area (Å²) in [5, 5.41) is 8.98. The fourth-order valence-electron chi connectivity index (χ4n) is 4.10. The molecule has 0 radical (unpaired) electrons. The third-order valence-electron chi connectivity index (χ3n) is 5.46. The van der Waals surface area contributed by atoms with Crippen LogP contribution in [0, 0.1) is 6.92 Å². The average Bonchev–Trinajstić information content (AvgIpc) is 2.95. The molecule has 1 unspecified atom stereocenters. The number of anilines is 1. The van der Waals surface area contributed by atoms with Gasteiger partial charge < -0.3 is 9.80 Å². The van der Waals surface area contributed by atoms with Gasteiger partial charge in [0.05, 0.1) is 0 Å². The van der Waals surface area contributed by atoms with E-state index in [0.29, 0.717) is 6.04 Å². The molecule has 24 heavy (non-hydrogen) atoms. The van der Waals surface area contributed by atoms with Crippen LogP contribution in [0.15, 0.2) is 12.1 Å². The summed E-state index contributed by atoms with van der Waals surface area (Å²) in [7, 11) is 2.23. The van der Waals surface area contributed by atoms with E-state index in [1.165, 1.54) is 25.9 Å². The zero-order valence-corrected chi connectivity index (χ0v) is 14.9. The van der Waals surface area contributed by atoms with Crippen LogP contribution in [0.4, 0.5) is 5.82 Å². The zero-order chi connectivity index (χ0) is 16.7. The van der Waals surface area contributed by atoms with Crippen LogP contribution in [0.1, 0.15) is 25.6 Å². The molecule has 2 aliphatic rings. The quantitative estimate of drug-likeness (QED) is 0.820. The van der Waals surface area contributed by atoms with Crippen molar-refractivity contribution in [3.8, 4) is 0 Å². The SMILES string of the molecule is Cc1nc2ccc(N3CCN(C4CCN(C)CC4)C(C)C3)nn2n1. The van der Waals surface area contributed by atoms with E-state index in [1.807, 2.05) is 13.0 Å². The average molecular weight is 329 g/mol. The van der Waals surface area contributed by atoms with Gasteiger partial charge in [0.2, 0.25) is 0 Å². The van der Waals surface area contributed by atoms with Gasteiger partial charge in [-0.05, 0) is 59.0 Å². The highest BCUT2D eigenvalue weighted by atomic mass is 15.5. The lowest BCUT2D eigenvalue weighted by atomic mass is 10.00. The fourth-order valence-corrected chi connectivity index (χ4v) is 4.10. The molecule has 1 atom stereocenters. The van der Waals surface area contributed by atoms with Gasteiger partial charge in [0.25, 0.3) is 0 Å². The van der Waals surface area contributed by atoms with Crippen molar-refractivity contribution in [3.63, 3.8) is 0 Å². The van der Waals surface area contributed by atoms with Crippen molar-refractivity contribution in [2.75, 3.05) is 44.7 Å². The summed E-state index contributed by atoms with van der Waals surface area (Å²) >= 11 is 0. The number of hydrogen-bond acceptors (Lipinski definition) is 6. The molecule has 0 saturated carbocycles. The van der Waals surface area contributed by atoms with Gasteiger partial charge in [-0.3, -0.25) is 4.90 Å². The molecule has 2 fully saturated rings. The predicted octanol–water partition coefficient (Wildman–Crippen LogP) is 1.04. The van der Waals surface area contributed by atoms with Crippen molar-refractivity contribution in [1.29, 1.82) is 0 Å². The molecule has 4 heterocycles. The number of hydrogen-bond donors (Lipinski definition) is 0. The molecule has 4 rings (SSSR count). The summed E-state index contributed by atoms with van der Waals surface area (Å²) in [6.45, 7) is 9.87. The first-order valence-electron chi connectivity index (χ1n) is 9.00. The van der Waals surface area contributed by atoms with Crippen LogP contribution in [-0.4, -0.2) is 81.5 Å². The molecule has 7 nitrogen and oxygen atoms in total. The number of aryl methyl sites for hydroxylation is 1. The molecule has 0 spiro atoms. The Morgan fingerprint density at radius 3 is 2.58 bits per heavy atom. The third-order valence-corrected chi connectivity index (χ3v) is 5.46. The minimum Gasteiger partial charge on any atom is -0.352 e. The molecule has 2 saturated heterocycles. The highest BCUT2D eigenvalue weighted by molar-refractivity contribution is 5.45. The van der Waals surface area contributed by atoms with Crippen LogP contribution in [0.25, 0.3) is 5.65 Å². The van der Waals surface area contributed by atoms with Gasteiger partial charge >= 0.3 is 0 Å². The second-order valence-corrected chi connectivity index (χ2v) is 7.27. The Bertz CT molecular complexity index is 704. The lowest BCUT2D eigenvalue weighted by Crippen LogP contribution is -2.57. The number of fused-ring (bicyclic) bond motifs is 1. The Labute approximate surface area is 143 Å². The first-order chi connectivity index (χ1) is 11.6. The van der Waals surface area contributed by atoms with Gasteiger partial charge in [-0.25, -0.2) is 4.98 Å². The predicted molar refractivity (Wildman–Crippen MR) is 94.4 cm³/mol. The van der Waals surface area contributed by atoms with E-state index < -0.39 is 0 Å².